The molecular formula is C17H29NO2. The van der Waals surface area contributed by atoms with E-state index in [1.165, 1.54) is 16.7 Å². The molecule has 0 amide bonds. The first-order valence-corrected chi connectivity index (χ1v) is 7.60. The van der Waals surface area contributed by atoms with Crippen LogP contribution in [0.15, 0.2) is 12.1 Å². The van der Waals surface area contributed by atoms with Crippen LogP contribution in [0.4, 0.5) is 0 Å². The van der Waals surface area contributed by atoms with E-state index in [1.54, 1.807) is 7.11 Å². The van der Waals surface area contributed by atoms with Crippen LogP contribution in [0.2, 0.25) is 0 Å². The van der Waals surface area contributed by atoms with Crippen molar-refractivity contribution in [3.63, 3.8) is 0 Å². The van der Waals surface area contributed by atoms with E-state index in [9.17, 15) is 0 Å². The minimum atomic E-state index is 0.289. The van der Waals surface area contributed by atoms with Gasteiger partial charge in [-0.25, -0.2) is 0 Å². The van der Waals surface area contributed by atoms with Gasteiger partial charge in [0.15, 0.2) is 0 Å². The predicted octanol–water partition coefficient (Wildman–Crippen LogP) is 3.78. The van der Waals surface area contributed by atoms with Crippen LogP contribution in [-0.4, -0.2) is 26.9 Å². The molecule has 0 bridgehead atoms. The average Bonchev–Trinajstić information content (AvgIpc) is 2.42. The smallest absolute Gasteiger partial charge is 0.124 e. The molecule has 0 aromatic heterocycles. The molecule has 3 heteroatoms. The maximum atomic E-state index is 5.59. The van der Waals surface area contributed by atoms with Crippen molar-refractivity contribution in [1.29, 1.82) is 0 Å². The van der Waals surface area contributed by atoms with Crippen LogP contribution in [-0.2, 0) is 4.74 Å². The Morgan fingerprint density at radius 1 is 1.20 bits per heavy atom. The van der Waals surface area contributed by atoms with E-state index in [1.807, 2.05) is 6.92 Å². The fourth-order valence-electron chi connectivity index (χ4n) is 2.57. The number of hydrogen-bond donors (Lipinski definition) is 1. The highest BCUT2D eigenvalue weighted by Crippen LogP contribution is 2.31. The van der Waals surface area contributed by atoms with Crippen molar-refractivity contribution in [3.05, 3.63) is 28.8 Å². The Morgan fingerprint density at radius 3 is 2.55 bits per heavy atom. The minimum Gasteiger partial charge on any atom is -0.496 e. The Morgan fingerprint density at radius 2 is 1.95 bits per heavy atom. The van der Waals surface area contributed by atoms with Gasteiger partial charge in [0.25, 0.3) is 0 Å². The normalized spacial score (nSPS) is 12.4. The predicted molar refractivity (Wildman–Crippen MR) is 84.6 cm³/mol. The molecule has 0 aliphatic heterocycles. The van der Waals surface area contributed by atoms with Gasteiger partial charge < -0.3 is 14.8 Å². The lowest BCUT2D eigenvalue weighted by atomic mass is 9.95. The second kappa shape index (κ2) is 8.98. The van der Waals surface area contributed by atoms with Crippen LogP contribution in [0.25, 0.3) is 0 Å². The summed E-state index contributed by atoms with van der Waals surface area (Å²) in [5.41, 5.74) is 3.79. The molecule has 0 aliphatic rings. The number of rotatable bonds is 9. The lowest BCUT2D eigenvalue weighted by molar-refractivity contribution is 0.136. The van der Waals surface area contributed by atoms with E-state index in [2.05, 4.69) is 38.2 Å². The first kappa shape index (κ1) is 17.0. The van der Waals surface area contributed by atoms with Gasteiger partial charge in [0.1, 0.15) is 5.75 Å². The topological polar surface area (TPSA) is 30.5 Å². The third kappa shape index (κ3) is 4.80. The molecule has 1 atom stereocenters. The van der Waals surface area contributed by atoms with Crippen molar-refractivity contribution in [2.24, 2.45) is 0 Å². The summed E-state index contributed by atoms with van der Waals surface area (Å²) in [6.07, 6.45) is 2.09. The summed E-state index contributed by atoms with van der Waals surface area (Å²) in [5, 5.41) is 3.62. The molecule has 20 heavy (non-hydrogen) atoms. The number of benzene rings is 1. The summed E-state index contributed by atoms with van der Waals surface area (Å²) in [7, 11) is 1.75. The Labute approximate surface area is 123 Å². The molecule has 1 N–H and O–H groups in total. The lowest BCUT2D eigenvalue weighted by Gasteiger charge is -2.23. The van der Waals surface area contributed by atoms with Crippen molar-refractivity contribution in [2.75, 3.05) is 26.9 Å². The van der Waals surface area contributed by atoms with Crippen molar-refractivity contribution in [1.82, 2.24) is 5.32 Å². The molecule has 1 unspecified atom stereocenters. The Balaban J connectivity index is 2.98. The quantitative estimate of drug-likeness (QED) is 0.698. The molecule has 1 aromatic carbocycles. The summed E-state index contributed by atoms with van der Waals surface area (Å²) in [6, 6.07) is 4.63. The van der Waals surface area contributed by atoms with E-state index < -0.39 is 0 Å². The van der Waals surface area contributed by atoms with E-state index in [0.717, 1.165) is 38.3 Å². The van der Waals surface area contributed by atoms with Gasteiger partial charge >= 0.3 is 0 Å². The fraction of sp³-hybridized carbons (Fsp3) is 0.647. The van der Waals surface area contributed by atoms with Crippen LogP contribution in [0, 0.1) is 13.8 Å². The van der Waals surface area contributed by atoms with Gasteiger partial charge in [0.2, 0.25) is 0 Å². The molecule has 1 rings (SSSR count). The average molecular weight is 279 g/mol. The summed E-state index contributed by atoms with van der Waals surface area (Å²) in [6.45, 7) is 11.0. The first-order chi connectivity index (χ1) is 9.63. The summed E-state index contributed by atoms with van der Waals surface area (Å²) in [4.78, 5) is 0. The molecule has 0 saturated carbocycles. The molecule has 0 aliphatic carbocycles. The number of ether oxygens (including phenoxy) is 2. The number of aryl methyl sites for hydroxylation is 2. The standard InChI is InChI=1S/C17H29NO2/c1-6-9-18-15(8-10-20-7-2)17-14(4)11-13(3)12-16(17)19-5/h11-12,15,18H,6-10H2,1-5H3. The van der Waals surface area contributed by atoms with Crippen molar-refractivity contribution in [2.45, 2.75) is 46.6 Å². The highest BCUT2D eigenvalue weighted by molar-refractivity contribution is 5.45. The van der Waals surface area contributed by atoms with Gasteiger partial charge in [-0.1, -0.05) is 13.0 Å². The second-order valence-electron chi connectivity index (χ2n) is 5.19. The lowest BCUT2D eigenvalue weighted by Crippen LogP contribution is -2.25. The molecule has 0 heterocycles. The van der Waals surface area contributed by atoms with Crippen LogP contribution in [0.3, 0.4) is 0 Å². The molecule has 0 spiro atoms. The third-order valence-corrected chi connectivity index (χ3v) is 3.46. The third-order valence-electron chi connectivity index (χ3n) is 3.46. The molecule has 1 aromatic rings. The Bertz CT molecular complexity index is 404. The van der Waals surface area contributed by atoms with Crippen LogP contribution < -0.4 is 10.1 Å². The Kier molecular flexibility index (Phi) is 7.63. The molecule has 3 nitrogen and oxygen atoms in total. The van der Waals surface area contributed by atoms with Crippen LogP contribution in [0.5, 0.6) is 5.75 Å². The highest BCUT2D eigenvalue weighted by atomic mass is 16.5. The molecule has 0 radical (unpaired) electrons. The highest BCUT2D eigenvalue weighted by Gasteiger charge is 2.18. The summed E-state index contributed by atoms with van der Waals surface area (Å²) < 4.78 is 11.1. The van der Waals surface area contributed by atoms with Gasteiger partial charge in [-0.05, 0) is 57.4 Å². The van der Waals surface area contributed by atoms with Crippen LogP contribution >= 0.6 is 0 Å². The largest absolute Gasteiger partial charge is 0.496 e. The fourth-order valence-corrected chi connectivity index (χ4v) is 2.57. The van der Waals surface area contributed by atoms with E-state index >= 15 is 0 Å². The molecule has 0 fully saturated rings. The minimum absolute atomic E-state index is 0.289. The van der Waals surface area contributed by atoms with Crippen LogP contribution in [0.1, 0.15) is 49.4 Å². The first-order valence-electron chi connectivity index (χ1n) is 7.60. The number of hydrogen-bond acceptors (Lipinski definition) is 3. The van der Waals surface area contributed by atoms with E-state index in [4.69, 9.17) is 9.47 Å². The summed E-state index contributed by atoms with van der Waals surface area (Å²) >= 11 is 0. The zero-order valence-electron chi connectivity index (χ0n) is 13.6. The van der Waals surface area contributed by atoms with Gasteiger partial charge in [0, 0.05) is 24.8 Å². The maximum absolute atomic E-state index is 5.59. The van der Waals surface area contributed by atoms with Gasteiger partial charge in [-0.15, -0.1) is 0 Å². The number of methoxy groups -OCH3 is 1. The van der Waals surface area contributed by atoms with E-state index in [-0.39, 0.29) is 6.04 Å². The zero-order chi connectivity index (χ0) is 15.0. The van der Waals surface area contributed by atoms with Gasteiger partial charge in [0.05, 0.1) is 7.11 Å². The van der Waals surface area contributed by atoms with Crippen molar-refractivity contribution in [3.8, 4) is 5.75 Å². The summed E-state index contributed by atoms with van der Waals surface area (Å²) in [5.74, 6) is 0.979. The van der Waals surface area contributed by atoms with Crippen molar-refractivity contribution < 1.29 is 9.47 Å². The molecular weight excluding hydrogens is 250 g/mol. The molecule has 114 valence electrons. The maximum Gasteiger partial charge on any atom is 0.124 e. The van der Waals surface area contributed by atoms with Gasteiger partial charge in [-0.2, -0.15) is 0 Å². The molecule has 0 saturated heterocycles. The van der Waals surface area contributed by atoms with Gasteiger partial charge in [-0.3, -0.25) is 0 Å². The second-order valence-corrected chi connectivity index (χ2v) is 5.19. The van der Waals surface area contributed by atoms with E-state index in [0.29, 0.717) is 0 Å². The number of nitrogens with one attached hydrogen (secondary N) is 1. The SMILES string of the molecule is CCCNC(CCOCC)c1c(C)cc(C)cc1OC. The Hall–Kier alpha value is -1.06. The zero-order valence-corrected chi connectivity index (χ0v) is 13.6. The van der Waals surface area contributed by atoms with Crippen molar-refractivity contribution >= 4 is 0 Å². The monoisotopic (exact) mass is 279 g/mol.